The zero-order valence-corrected chi connectivity index (χ0v) is 65.1. The molecule has 19 nitrogen and oxygen atoms in total. The van der Waals surface area contributed by atoms with Crippen LogP contribution in [0.15, 0.2) is 194 Å². The first-order valence-corrected chi connectivity index (χ1v) is 40.5. The minimum Gasteiger partial charge on any atom is -0.549 e. The first kappa shape index (κ1) is 85.9. The Bertz CT molecular complexity index is 3810. The summed E-state index contributed by atoms with van der Waals surface area (Å²) in [6.07, 6.45) is 22.8. The monoisotopic (exact) mass is 1490 g/mol. The standard InChI is InChI=1S/C45H59N5O4.C27H38N2O.C18H23N3O4.Li/c51-40(34-54-43-21-9-20-42-41(43)19-10-26-46-42)32-49-27-29-50(30-28-49)33-44(52)47-31-37-22-24-38(25-23-37)45(53)48-39(17-7-15-35-11-3-1-4-12-35)18-8-16-36-13-5-2-6-14-36;28-21-24-17-19-25(20-18-24)27(30)29-26(15-7-13-22-9-3-1-4-10-22)16-8-14-23-11-5-2-6-12-23;22-14(11-20-7-9-21(10-8-20)12-18(23)24)13-25-17-5-1-4-16-15(17)3-2-6-19-16;/h1-6,9-14,19-21,26,37-40,51H,7-8,15-18,22-25,27-34H2,(H,47,52)(H,48,53);1-6,9-12,24-26H,7-8,13-21,28H2,(H,29,30);1-6,14,22H,7-13H2,(H,23,24);/q;;;+1/p-1/t37?,38?,40-;;14-;/m1.1./s1. The molecule has 2 aliphatic heterocycles. The van der Waals surface area contributed by atoms with Gasteiger partial charge in [0.25, 0.3) is 0 Å². The molecule has 7 N–H and O–H groups in total. The fourth-order valence-corrected chi connectivity index (χ4v) is 15.7. The molecule has 2 aromatic heterocycles. The predicted octanol–water partition coefficient (Wildman–Crippen LogP) is 7.67. The normalized spacial score (nSPS) is 18.3. The third kappa shape index (κ3) is 30.6. The number of carbonyl (C=O) groups is 4. The smallest absolute Gasteiger partial charge is 0.549 e. The van der Waals surface area contributed by atoms with Gasteiger partial charge in [-0.2, -0.15) is 0 Å². The molecule has 2 saturated carbocycles. The molecule has 110 heavy (non-hydrogen) atoms. The van der Waals surface area contributed by atoms with Gasteiger partial charge in [-0.15, -0.1) is 0 Å². The number of aryl methyl sites for hydroxylation is 4. The van der Waals surface area contributed by atoms with Crippen molar-refractivity contribution >= 4 is 45.5 Å². The van der Waals surface area contributed by atoms with Crippen LogP contribution in [0.2, 0.25) is 0 Å². The van der Waals surface area contributed by atoms with Crippen LogP contribution in [-0.4, -0.2) is 193 Å². The summed E-state index contributed by atoms with van der Waals surface area (Å²) in [7, 11) is 0. The van der Waals surface area contributed by atoms with Gasteiger partial charge >= 0.3 is 18.9 Å². The topological polar surface area (TPSA) is 251 Å². The van der Waals surface area contributed by atoms with Crippen LogP contribution in [0.4, 0.5) is 0 Å². The number of pyridine rings is 2. The van der Waals surface area contributed by atoms with E-state index in [4.69, 9.17) is 15.2 Å². The van der Waals surface area contributed by atoms with E-state index in [0.29, 0.717) is 56.9 Å². The maximum atomic E-state index is 13.5. The third-order valence-electron chi connectivity index (χ3n) is 22.2. The summed E-state index contributed by atoms with van der Waals surface area (Å²) in [5, 5.41) is 43.5. The van der Waals surface area contributed by atoms with Crippen LogP contribution in [0.5, 0.6) is 11.5 Å². The van der Waals surface area contributed by atoms with Crippen LogP contribution in [0, 0.1) is 23.7 Å². The number of aliphatic hydroxyl groups excluding tert-OH is 2. The molecule has 0 radical (unpaired) electrons. The molecule has 0 spiro atoms. The number of nitrogens with one attached hydrogen (secondary N) is 3. The Balaban J connectivity index is 0.000000209. The van der Waals surface area contributed by atoms with Gasteiger partial charge < -0.3 is 51.3 Å². The first-order valence-electron chi connectivity index (χ1n) is 40.5. The number of carboxylic acid groups (broad SMARTS) is 1. The van der Waals surface area contributed by atoms with E-state index >= 15 is 0 Å². The van der Waals surface area contributed by atoms with Gasteiger partial charge in [-0.3, -0.25) is 44.0 Å². The van der Waals surface area contributed by atoms with E-state index in [2.05, 4.69) is 162 Å². The van der Waals surface area contributed by atoms with Gasteiger partial charge in [-0.1, -0.05) is 133 Å². The van der Waals surface area contributed by atoms with Crippen LogP contribution < -0.4 is 55.1 Å². The van der Waals surface area contributed by atoms with Crippen molar-refractivity contribution in [1.82, 2.24) is 45.5 Å². The van der Waals surface area contributed by atoms with E-state index < -0.39 is 18.2 Å². The summed E-state index contributed by atoms with van der Waals surface area (Å²) in [5.41, 5.74) is 13.0. The van der Waals surface area contributed by atoms with E-state index in [1.54, 1.807) is 12.4 Å². The number of piperazine rings is 2. The van der Waals surface area contributed by atoms with Gasteiger partial charge in [0.05, 0.1) is 23.5 Å². The number of carboxylic acids is 1. The van der Waals surface area contributed by atoms with Gasteiger partial charge in [0, 0.05) is 126 Å². The number of aromatic nitrogens is 2. The van der Waals surface area contributed by atoms with Crippen molar-refractivity contribution in [2.45, 2.75) is 153 Å². The number of aliphatic carboxylic acids is 1. The number of carbonyl (C=O) groups excluding carboxylic acids is 4. The van der Waals surface area contributed by atoms with E-state index in [1.807, 2.05) is 65.6 Å². The fourth-order valence-electron chi connectivity index (χ4n) is 15.7. The Morgan fingerprint density at radius 1 is 0.445 bits per heavy atom. The number of aliphatic hydroxyl groups is 2. The predicted molar refractivity (Wildman–Crippen MR) is 432 cm³/mol. The average Bonchev–Trinajstić information content (AvgIpc) is 0.810. The van der Waals surface area contributed by atoms with Gasteiger partial charge in [-0.25, -0.2) is 0 Å². The first-order chi connectivity index (χ1) is 53.3. The number of rotatable bonds is 37. The van der Waals surface area contributed by atoms with E-state index in [1.165, 1.54) is 22.3 Å². The number of β-amino-alcohol motifs (C(OH)–C–C–N with tert-alkyl or cyclic N) is 2. The third-order valence-corrected chi connectivity index (χ3v) is 22.2. The molecule has 584 valence electrons. The van der Waals surface area contributed by atoms with Gasteiger partial charge in [-0.05, 0) is 218 Å². The summed E-state index contributed by atoms with van der Waals surface area (Å²) >= 11 is 0. The average molecular weight is 1490 g/mol. The van der Waals surface area contributed by atoms with Crippen molar-refractivity contribution < 1.29 is 62.8 Å². The number of fused-ring (bicyclic) bond motifs is 2. The Morgan fingerprint density at radius 3 is 1.16 bits per heavy atom. The van der Waals surface area contributed by atoms with Crippen molar-refractivity contribution in [2.75, 3.05) is 105 Å². The number of amides is 3. The molecule has 0 unspecified atom stereocenters. The summed E-state index contributed by atoms with van der Waals surface area (Å²) in [5.74, 6) is 2.20. The van der Waals surface area contributed by atoms with Crippen LogP contribution in [-0.2, 0) is 44.9 Å². The molecule has 4 fully saturated rings. The molecular formula is C90H119LiN10O9. The van der Waals surface area contributed by atoms with E-state index in [-0.39, 0.29) is 80.3 Å². The number of ether oxygens (including phenoxy) is 2. The number of nitrogens with zero attached hydrogens (tertiary/aromatic N) is 6. The zero-order chi connectivity index (χ0) is 76.0. The number of hydrogen-bond acceptors (Lipinski definition) is 16. The molecule has 12 rings (SSSR count). The molecule has 2 saturated heterocycles. The second-order valence-corrected chi connectivity index (χ2v) is 30.5. The molecule has 3 amide bonds. The maximum Gasteiger partial charge on any atom is 1.00 e. The summed E-state index contributed by atoms with van der Waals surface area (Å²) < 4.78 is 11.7. The van der Waals surface area contributed by atoms with Crippen LogP contribution in [0.1, 0.15) is 125 Å². The molecule has 4 aliphatic rings. The van der Waals surface area contributed by atoms with Crippen LogP contribution in [0.3, 0.4) is 0 Å². The van der Waals surface area contributed by atoms with Crippen molar-refractivity contribution in [1.29, 1.82) is 0 Å². The number of hydrogen-bond donors (Lipinski definition) is 6. The zero-order valence-electron chi connectivity index (χ0n) is 65.1. The Kier molecular flexibility index (Phi) is 37.5. The Hall–Kier alpha value is -8.06. The van der Waals surface area contributed by atoms with Crippen LogP contribution in [0.25, 0.3) is 21.8 Å². The van der Waals surface area contributed by atoms with Crippen molar-refractivity contribution in [3.8, 4) is 11.5 Å². The SMILES string of the molecule is NCC1CCC(C(=O)NC(CCCc2ccccc2)CCCc2ccccc2)CC1.O=C(CN1CCN(C[C@@H](O)COc2cccc3ncccc23)CC1)NCC1CCC(C(=O)NC(CCCc2ccccc2)CCCc2ccccc2)CC1.O=C([O-])CN1CCN(C[C@@H](O)COc2cccc3ncccc23)CC1.[Li+]. The Morgan fingerprint density at radius 2 is 0.800 bits per heavy atom. The number of benzene rings is 6. The number of nitrogens with two attached hydrogens (primary N) is 1. The van der Waals surface area contributed by atoms with E-state index in [9.17, 15) is 34.5 Å². The van der Waals surface area contributed by atoms with Gasteiger partial charge in [0.15, 0.2) is 0 Å². The molecular weight excluding hydrogens is 1370 g/mol. The quantitative estimate of drug-likeness (QED) is 0.0204. The summed E-state index contributed by atoms with van der Waals surface area (Å²) in [6.45, 7) is 9.20. The molecule has 2 aliphatic carbocycles. The van der Waals surface area contributed by atoms with Crippen molar-refractivity contribution in [3.05, 3.63) is 217 Å². The van der Waals surface area contributed by atoms with Gasteiger partial charge in [0.1, 0.15) is 36.9 Å². The Labute approximate surface area is 665 Å². The molecule has 8 aromatic rings. The molecule has 20 heteroatoms. The van der Waals surface area contributed by atoms with Crippen LogP contribution >= 0.6 is 0 Å². The van der Waals surface area contributed by atoms with Crippen molar-refractivity contribution in [3.63, 3.8) is 0 Å². The minimum atomic E-state index is -1.05. The fraction of sp³-hybridized carbons (Fsp3) is 0.489. The largest absolute Gasteiger partial charge is 1.00 e. The minimum absolute atomic E-state index is 0. The molecule has 4 heterocycles. The maximum absolute atomic E-state index is 13.5. The molecule has 0 bridgehead atoms. The van der Waals surface area contributed by atoms with Crippen molar-refractivity contribution in [2.24, 2.45) is 29.4 Å². The van der Waals surface area contributed by atoms with Gasteiger partial charge in [0.2, 0.25) is 17.7 Å². The second-order valence-electron chi connectivity index (χ2n) is 30.5. The second kappa shape index (κ2) is 48.0. The molecule has 6 aromatic carbocycles. The van der Waals surface area contributed by atoms with E-state index in [0.717, 1.165) is 202 Å². The summed E-state index contributed by atoms with van der Waals surface area (Å²) in [6, 6.07) is 62.1. The molecule has 2 atom stereocenters. The summed E-state index contributed by atoms with van der Waals surface area (Å²) in [4.78, 5) is 66.9.